The molecule has 0 aliphatic rings. The number of nitrogens with zero attached hydrogens (tertiary/aromatic N) is 1. The Bertz CT molecular complexity index is 265. The smallest absolute Gasteiger partial charge is 0.325 e. The maximum absolute atomic E-state index is 12.1. The van der Waals surface area contributed by atoms with Crippen molar-refractivity contribution < 1.29 is 14.3 Å². The van der Waals surface area contributed by atoms with Gasteiger partial charge in [0.15, 0.2) is 0 Å². The van der Waals surface area contributed by atoms with Gasteiger partial charge in [-0.3, -0.25) is 9.59 Å². The molecule has 0 saturated carbocycles. The van der Waals surface area contributed by atoms with Crippen LogP contribution in [-0.4, -0.2) is 50.1 Å². The summed E-state index contributed by atoms with van der Waals surface area (Å²) in [5.41, 5.74) is 0. The molecular formula is C13H26N2O3. The van der Waals surface area contributed by atoms with Gasteiger partial charge in [0.25, 0.3) is 0 Å². The molecule has 0 aromatic rings. The minimum atomic E-state index is -0.377. The van der Waals surface area contributed by atoms with Crippen LogP contribution >= 0.6 is 0 Å². The quantitative estimate of drug-likeness (QED) is 0.661. The third kappa shape index (κ3) is 5.49. The minimum absolute atomic E-state index is 0.0256. The lowest BCUT2D eigenvalue weighted by molar-refractivity contribution is -0.148. The lowest BCUT2D eigenvalue weighted by Gasteiger charge is -2.28. The highest BCUT2D eigenvalue weighted by molar-refractivity contribution is 5.85. The van der Waals surface area contributed by atoms with Gasteiger partial charge in [0.05, 0.1) is 13.2 Å². The number of nitrogens with one attached hydrogen (secondary N) is 1. The number of likely N-dealkylation sites (N-methyl/N-ethyl adjacent to an activating group) is 1. The Morgan fingerprint density at radius 2 is 1.83 bits per heavy atom. The van der Waals surface area contributed by atoms with Gasteiger partial charge in [-0.1, -0.05) is 26.7 Å². The van der Waals surface area contributed by atoms with Gasteiger partial charge in [0.2, 0.25) is 5.91 Å². The van der Waals surface area contributed by atoms with Crippen LogP contribution in [0.25, 0.3) is 0 Å². The molecule has 1 unspecified atom stereocenters. The Kier molecular flexibility index (Phi) is 8.37. The highest BCUT2D eigenvalue weighted by Crippen LogP contribution is 2.11. The average molecular weight is 258 g/mol. The van der Waals surface area contributed by atoms with Gasteiger partial charge in [0.1, 0.15) is 6.54 Å². The van der Waals surface area contributed by atoms with E-state index < -0.39 is 0 Å². The molecule has 0 saturated heterocycles. The maximum Gasteiger partial charge on any atom is 0.325 e. The summed E-state index contributed by atoms with van der Waals surface area (Å²) in [6.07, 6.45) is 1.99. The standard InChI is InChI=1S/C13H26N2O3/c1-6-11(7-2)8-15(9-12(16)18-5)13(17)10(3)14-4/h10-11,14H,6-9H2,1-5H3. The molecule has 18 heavy (non-hydrogen) atoms. The fourth-order valence-electron chi connectivity index (χ4n) is 1.71. The van der Waals surface area contributed by atoms with Crippen molar-refractivity contribution in [2.45, 2.75) is 39.7 Å². The SMILES string of the molecule is CCC(CC)CN(CC(=O)OC)C(=O)C(C)NC. The minimum Gasteiger partial charge on any atom is -0.468 e. The molecule has 0 aliphatic carbocycles. The Labute approximate surface area is 110 Å². The largest absolute Gasteiger partial charge is 0.468 e. The van der Waals surface area contributed by atoms with Crippen LogP contribution in [0.4, 0.5) is 0 Å². The molecule has 1 N–H and O–H groups in total. The maximum atomic E-state index is 12.1. The number of hydrogen-bond donors (Lipinski definition) is 1. The summed E-state index contributed by atoms with van der Waals surface area (Å²) in [5, 5.41) is 2.90. The highest BCUT2D eigenvalue weighted by atomic mass is 16.5. The monoisotopic (exact) mass is 258 g/mol. The third-order valence-electron chi connectivity index (χ3n) is 3.30. The lowest BCUT2D eigenvalue weighted by atomic mass is 10.0. The Morgan fingerprint density at radius 3 is 2.22 bits per heavy atom. The van der Waals surface area contributed by atoms with E-state index in [0.717, 1.165) is 12.8 Å². The second kappa shape index (κ2) is 8.91. The van der Waals surface area contributed by atoms with E-state index in [4.69, 9.17) is 0 Å². The molecule has 0 spiro atoms. The van der Waals surface area contributed by atoms with Crippen LogP contribution in [0.5, 0.6) is 0 Å². The molecule has 0 fully saturated rings. The molecule has 5 nitrogen and oxygen atoms in total. The summed E-state index contributed by atoms with van der Waals surface area (Å²) in [4.78, 5) is 25.1. The molecule has 1 atom stereocenters. The van der Waals surface area contributed by atoms with Gasteiger partial charge < -0.3 is 15.0 Å². The van der Waals surface area contributed by atoms with Crippen LogP contribution < -0.4 is 5.32 Å². The fourth-order valence-corrected chi connectivity index (χ4v) is 1.71. The first-order valence-electron chi connectivity index (χ1n) is 6.52. The van der Waals surface area contributed by atoms with Crippen molar-refractivity contribution in [2.75, 3.05) is 27.2 Å². The van der Waals surface area contributed by atoms with Gasteiger partial charge in [-0.15, -0.1) is 0 Å². The number of rotatable bonds is 8. The second-order valence-electron chi connectivity index (χ2n) is 4.49. The number of methoxy groups -OCH3 is 1. The number of carbonyl (C=O) groups excluding carboxylic acids is 2. The summed E-state index contributed by atoms with van der Waals surface area (Å²) in [6, 6.07) is -0.288. The summed E-state index contributed by atoms with van der Waals surface area (Å²) >= 11 is 0. The number of carbonyl (C=O) groups is 2. The predicted octanol–water partition coefficient (Wildman–Crippen LogP) is 1.03. The summed E-state index contributed by atoms with van der Waals surface area (Å²) in [6.45, 7) is 6.61. The van der Waals surface area contributed by atoms with Crippen LogP contribution in [0.1, 0.15) is 33.6 Å². The van der Waals surface area contributed by atoms with Gasteiger partial charge in [-0.05, 0) is 19.9 Å². The van der Waals surface area contributed by atoms with E-state index in [2.05, 4.69) is 23.9 Å². The highest BCUT2D eigenvalue weighted by Gasteiger charge is 2.23. The van der Waals surface area contributed by atoms with Crippen molar-refractivity contribution in [1.82, 2.24) is 10.2 Å². The van der Waals surface area contributed by atoms with E-state index in [9.17, 15) is 9.59 Å². The zero-order chi connectivity index (χ0) is 14.1. The van der Waals surface area contributed by atoms with E-state index in [1.165, 1.54) is 7.11 Å². The van der Waals surface area contributed by atoms with Crippen molar-refractivity contribution in [3.63, 3.8) is 0 Å². The molecule has 0 aromatic heterocycles. The van der Waals surface area contributed by atoms with Crippen molar-refractivity contribution >= 4 is 11.9 Å². The summed E-state index contributed by atoms with van der Waals surface area (Å²) in [7, 11) is 3.07. The van der Waals surface area contributed by atoms with Gasteiger partial charge in [-0.2, -0.15) is 0 Å². The molecule has 0 bridgehead atoms. The van der Waals surface area contributed by atoms with Crippen LogP contribution in [-0.2, 0) is 14.3 Å². The Hall–Kier alpha value is -1.10. The second-order valence-corrected chi connectivity index (χ2v) is 4.49. The van der Waals surface area contributed by atoms with Crippen molar-refractivity contribution in [2.24, 2.45) is 5.92 Å². The number of hydrogen-bond acceptors (Lipinski definition) is 4. The first-order valence-corrected chi connectivity index (χ1v) is 6.52. The van der Waals surface area contributed by atoms with E-state index in [-0.39, 0.29) is 24.5 Å². The summed E-state index contributed by atoms with van der Waals surface area (Å²) < 4.78 is 4.64. The molecule has 5 heteroatoms. The molecule has 0 aromatic carbocycles. The first kappa shape index (κ1) is 16.9. The first-order chi connectivity index (χ1) is 8.49. The van der Waals surface area contributed by atoms with Crippen LogP contribution in [0.2, 0.25) is 0 Å². The number of amides is 1. The fraction of sp³-hybridized carbons (Fsp3) is 0.846. The van der Waals surface area contributed by atoms with Crippen LogP contribution in [0.15, 0.2) is 0 Å². The van der Waals surface area contributed by atoms with Crippen molar-refractivity contribution in [1.29, 1.82) is 0 Å². The van der Waals surface area contributed by atoms with Gasteiger partial charge >= 0.3 is 5.97 Å². The van der Waals surface area contributed by atoms with E-state index in [1.807, 2.05) is 0 Å². The zero-order valence-corrected chi connectivity index (χ0v) is 12.2. The van der Waals surface area contributed by atoms with Gasteiger partial charge in [0, 0.05) is 6.54 Å². The van der Waals surface area contributed by atoms with E-state index >= 15 is 0 Å². The number of ether oxygens (including phenoxy) is 1. The molecule has 0 heterocycles. The number of esters is 1. The zero-order valence-electron chi connectivity index (χ0n) is 12.2. The predicted molar refractivity (Wildman–Crippen MR) is 71.2 cm³/mol. The molecule has 106 valence electrons. The molecular weight excluding hydrogens is 232 g/mol. The Morgan fingerprint density at radius 1 is 1.28 bits per heavy atom. The molecule has 0 radical (unpaired) electrons. The molecule has 0 rings (SSSR count). The van der Waals surface area contributed by atoms with Crippen molar-refractivity contribution in [3.05, 3.63) is 0 Å². The molecule has 1 amide bonds. The van der Waals surface area contributed by atoms with Gasteiger partial charge in [-0.25, -0.2) is 0 Å². The summed E-state index contributed by atoms with van der Waals surface area (Å²) in [5.74, 6) is -0.0185. The molecule has 0 aliphatic heterocycles. The lowest BCUT2D eigenvalue weighted by Crippen LogP contribution is -2.47. The van der Waals surface area contributed by atoms with Crippen molar-refractivity contribution in [3.8, 4) is 0 Å². The third-order valence-corrected chi connectivity index (χ3v) is 3.30. The van der Waals surface area contributed by atoms with Crippen LogP contribution in [0.3, 0.4) is 0 Å². The van der Waals surface area contributed by atoms with E-state index in [0.29, 0.717) is 12.5 Å². The van der Waals surface area contributed by atoms with Crippen LogP contribution in [0, 0.1) is 5.92 Å². The normalized spacial score (nSPS) is 12.3. The Balaban J connectivity index is 4.70. The van der Waals surface area contributed by atoms with E-state index in [1.54, 1.807) is 18.9 Å². The topological polar surface area (TPSA) is 58.6 Å². The average Bonchev–Trinajstić information content (AvgIpc) is 2.41.